The molecule has 2 aromatic heterocycles. The van der Waals surface area contributed by atoms with Gasteiger partial charge in [-0.25, -0.2) is 0 Å². The van der Waals surface area contributed by atoms with E-state index in [2.05, 4.69) is 25.4 Å². The van der Waals surface area contributed by atoms with Gasteiger partial charge in [-0.2, -0.15) is 15.4 Å². The van der Waals surface area contributed by atoms with E-state index >= 15 is 0 Å². The predicted octanol–water partition coefficient (Wildman–Crippen LogP) is 1.29. The van der Waals surface area contributed by atoms with E-state index in [0.717, 1.165) is 0 Å². The highest BCUT2D eigenvalue weighted by molar-refractivity contribution is 5.20. The molecule has 0 amide bonds. The van der Waals surface area contributed by atoms with Crippen LogP contribution in [0.15, 0.2) is 27.9 Å². The third kappa shape index (κ3) is 1.88. The fraction of sp³-hybridized carbons (Fsp3) is 0.250. The van der Waals surface area contributed by atoms with Crippen molar-refractivity contribution in [3.63, 3.8) is 0 Å². The minimum atomic E-state index is -1.02. The summed E-state index contributed by atoms with van der Waals surface area (Å²) in [5.74, 6) is 0.357. The number of aliphatic hydroxyl groups excluding tert-OH is 1. The van der Waals surface area contributed by atoms with E-state index in [1.54, 1.807) is 12.1 Å². The van der Waals surface area contributed by atoms with Gasteiger partial charge in [-0.05, 0) is 17.7 Å². The molecule has 0 saturated carbocycles. The Morgan fingerprint density at radius 3 is 3.19 bits per heavy atom. The lowest BCUT2D eigenvalue weighted by molar-refractivity contribution is 0.183. The zero-order valence-electron chi connectivity index (χ0n) is 8.11. The minimum absolute atomic E-state index is 0.0279. The first-order valence-corrected chi connectivity index (χ1v) is 4.44. The lowest BCUT2D eigenvalue weighted by Gasteiger charge is -2.04. The van der Waals surface area contributed by atoms with Gasteiger partial charge in [-0.15, -0.1) is 0 Å². The smallest absolute Gasteiger partial charge is 0.157 e. The fourth-order valence-electron chi connectivity index (χ4n) is 1.28. The highest BCUT2D eigenvalue weighted by Crippen LogP contribution is 2.22. The summed E-state index contributed by atoms with van der Waals surface area (Å²) in [5.41, 5.74) is 8.88. The zero-order chi connectivity index (χ0) is 11.4. The van der Waals surface area contributed by atoms with Gasteiger partial charge in [0.2, 0.25) is 0 Å². The Kier molecular flexibility index (Phi) is 2.86. The van der Waals surface area contributed by atoms with Gasteiger partial charge in [-0.1, -0.05) is 5.11 Å². The summed E-state index contributed by atoms with van der Waals surface area (Å²) in [7, 11) is 0. The van der Waals surface area contributed by atoms with Gasteiger partial charge in [-0.3, -0.25) is 0 Å². The maximum absolute atomic E-state index is 9.90. The van der Waals surface area contributed by atoms with E-state index in [1.807, 2.05) is 0 Å². The van der Waals surface area contributed by atoms with Crippen LogP contribution < -0.4 is 0 Å². The number of hydrogen-bond acceptors (Lipinski definition) is 5. The molecule has 2 heterocycles. The summed E-state index contributed by atoms with van der Waals surface area (Å²) >= 11 is 0. The number of hydrogen-bond donors (Lipinski definition) is 2. The second kappa shape index (κ2) is 4.47. The number of aromatic amines is 1. The van der Waals surface area contributed by atoms with Crippen LogP contribution in [0, 0.1) is 0 Å². The van der Waals surface area contributed by atoms with E-state index < -0.39 is 6.10 Å². The van der Waals surface area contributed by atoms with Crippen LogP contribution in [0.3, 0.4) is 0 Å². The van der Waals surface area contributed by atoms with Crippen LogP contribution in [0.2, 0.25) is 0 Å². The first-order valence-electron chi connectivity index (χ1n) is 4.44. The van der Waals surface area contributed by atoms with E-state index in [0.29, 0.717) is 17.1 Å². The van der Waals surface area contributed by atoms with Gasteiger partial charge in [0, 0.05) is 4.91 Å². The standard InChI is InChI=1S/C8H8N6O2/c9-13-10-4-5-7(12-14-11-5)8(15)6-2-1-3-16-6/h1-3,8,15H,4H2,(H,11,12,14). The molecule has 0 fully saturated rings. The maximum atomic E-state index is 9.90. The molecule has 0 aliphatic rings. The number of aromatic nitrogens is 3. The molecule has 1 atom stereocenters. The molecule has 82 valence electrons. The second-order valence-electron chi connectivity index (χ2n) is 2.96. The normalized spacial score (nSPS) is 12.1. The van der Waals surface area contributed by atoms with Crippen molar-refractivity contribution in [1.29, 1.82) is 0 Å². The summed E-state index contributed by atoms with van der Waals surface area (Å²) in [6.07, 6.45) is 0.434. The molecule has 1 unspecified atom stereocenters. The molecule has 0 radical (unpaired) electrons. The van der Waals surface area contributed by atoms with Gasteiger partial charge >= 0.3 is 0 Å². The molecule has 0 bridgehead atoms. The van der Waals surface area contributed by atoms with Crippen molar-refractivity contribution in [2.45, 2.75) is 12.6 Å². The maximum Gasteiger partial charge on any atom is 0.157 e. The van der Waals surface area contributed by atoms with E-state index in [4.69, 9.17) is 9.95 Å². The zero-order valence-corrected chi connectivity index (χ0v) is 8.11. The summed E-state index contributed by atoms with van der Waals surface area (Å²) in [4.78, 5) is 2.61. The lowest BCUT2D eigenvalue weighted by atomic mass is 10.1. The second-order valence-corrected chi connectivity index (χ2v) is 2.96. The summed E-state index contributed by atoms with van der Waals surface area (Å²) in [6.45, 7) is 0.0279. The van der Waals surface area contributed by atoms with Gasteiger partial charge in [0.25, 0.3) is 0 Å². The average molecular weight is 220 g/mol. The van der Waals surface area contributed by atoms with Gasteiger partial charge < -0.3 is 9.52 Å². The fourth-order valence-corrected chi connectivity index (χ4v) is 1.28. The lowest BCUT2D eigenvalue weighted by Crippen LogP contribution is -2.02. The largest absolute Gasteiger partial charge is 0.466 e. The minimum Gasteiger partial charge on any atom is -0.466 e. The number of rotatable bonds is 4. The summed E-state index contributed by atoms with van der Waals surface area (Å²) in [5, 5.41) is 23.2. The van der Waals surface area contributed by atoms with Crippen LogP contribution in [-0.4, -0.2) is 20.5 Å². The van der Waals surface area contributed by atoms with Crippen molar-refractivity contribution < 1.29 is 9.52 Å². The van der Waals surface area contributed by atoms with Gasteiger partial charge in [0.1, 0.15) is 11.5 Å². The predicted molar refractivity (Wildman–Crippen MR) is 52.0 cm³/mol. The number of aliphatic hydroxyl groups is 1. The van der Waals surface area contributed by atoms with Crippen molar-refractivity contribution in [2.24, 2.45) is 5.11 Å². The van der Waals surface area contributed by atoms with Crippen molar-refractivity contribution in [1.82, 2.24) is 15.4 Å². The van der Waals surface area contributed by atoms with Crippen LogP contribution >= 0.6 is 0 Å². The number of H-pyrrole nitrogens is 1. The summed E-state index contributed by atoms with van der Waals surface area (Å²) in [6, 6.07) is 3.28. The van der Waals surface area contributed by atoms with E-state index in [1.165, 1.54) is 6.26 Å². The number of furan rings is 1. The Morgan fingerprint density at radius 2 is 2.50 bits per heavy atom. The number of nitrogens with one attached hydrogen (secondary N) is 1. The molecule has 0 aliphatic carbocycles. The first kappa shape index (κ1) is 10.2. The molecule has 2 aromatic rings. The quantitative estimate of drug-likeness (QED) is 0.457. The first-order chi connectivity index (χ1) is 7.83. The van der Waals surface area contributed by atoms with E-state index in [-0.39, 0.29) is 6.54 Å². The van der Waals surface area contributed by atoms with E-state index in [9.17, 15) is 5.11 Å². The molecule has 2 N–H and O–H groups in total. The molecule has 16 heavy (non-hydrogen) atoms. The molecular weight excluding hydrogens is 212 g/mol. The molecule has 0 spiro atoms. The monoisotopic (exact) mass is 220 g/mol. The third-order valence-electron chi connectivity index (χ3n) is 2.01. The third-order valence-corrected chi connectivity index (χ3v) is 2.01. The molecule has 0 saturated heterocycles. The van der Waals surface area contributed by atoms with Crippen molar-refractivity contribution >= 4 is 0 Å². The SMILES string of the molecule is [N-]=[N+]=NCc1n[nH]nc1C(O)c1ccco1. The molecule has 2 rings (SSSR count). The van der Waals surface area contributed by atoms with Crippen LogP contribution in [0.25, 0.3) is 10.4 Å². The highest BCUT2D eigenvalue weighted by atomic mass is 16.4. The molecule has 8 nitrogen and oxygen atoms in total. The van der Waals surface area contributed by atoms with Gasteiger partial charge in [0.05, 0.1) is 18.5 Å². The highest BCUT2D eigenvalue weighted by Gasteiger charge is 2.20. The van der Waals surface area contributed by atoms with Crippen LogP contribution in [-0.2, 0) is 6.54 Å². The average Bonchev–Trinajstić information content (AvgIpc) is 2.96. The number of nitrogens with zero attached hydrogens (tertiary/aromatic N) is 5. The van der Waals surface area contributed by atoms with Crippen molar-refractivity contribution in [3.8, 4) is 0 Å². The Bertz CT molecular complexity index is 498. The number of azide groups is 1. The Morgan fingerprint density at radius 1 is 1.62 bits per heavy atom. The molecule has 0 aliphatic heterocycles. The Labute approximate surface area is 89.5 Å². The van der Waals surface area contributed by atoms with Crippen LogP contribution in [0.5, 0.6) is 0 Å². The topological polar surface area (TPSA) is 124 Å². The molecule has 0 aromatic carbocycles. The van der Waals surface area contributed by atoms with Crippen LogP contribution in [0.4, 0.5) is 0 Å². The Balaban J connectivity index is 2.26. The van der Waals surface area contributed by atoms with Crippen molar-refractivity contribution in [2.75, 3.05) is 0 Å². The van der Waals surface area contributed by atoms with Gasteiger partial charge in [0.15, 0.2) is 6.10 Å². The van der Waals surface area contributed by atoms with Crippen molar-refractivity contribution in [3.05, 3.63) is 46.0 Å². The Hall–Kier alpha value is -2.31. The van der Waals surface area contributed by atoms with Crippen LogP contribution in [0.1, 0.15) is 23.3 Å². The molecular formula is C8H8N6O2. The molecule has 8 heteroatoms. The summed E-state index contributed by atoms with van der Waals surface area (Å²) < 4.78 is 5.04.